The normalized spacial score (nSPS) is 32.1. The fraction of sp³-hybridized carbons (Fsp3) is 0.600. The van der Waals surface area contributed by atoms with Crippen LogP contribution in [0.1, 0.15) is 60.5 Å². The number of aliphatic hydroxyl groups excluding tert-OH is 3. The van der Waals surface area contributed by atoms with E-state index in [1.165, 1.54) is 13.0 Å². The summed E-state index contributed by atoms with van der Waals surface area (Å²) in [6.45, 7) is 2.16. The van der Waals surface area contributed by atoms with Gasteiger partial charge in [-0.1, -0.05) is 13.3 Å². The number of aliphatic hydroxyl groups is 3. The first-order chi connectivity index (χ1) is 13.0. The third kappa shape index (κ3) is 2.55. The zero-order valence-electron chi connectivity index (χ0n) is 15.8. The predicted molar refractivity (Wildman–Crippen MR) is 97.5 cm³/mol. The highest BCUT2D eigenvalue weighted by Gasteiger charge is 2.62. The van der Waals surface area contributed by atoms with Gasteiger partial charge in [0.1, 0.15) is 17.6 Å². The fourth-order valence-electron chi connectivity index (χ4n) is 5.42. The van der Waals surface area contributed by atoms with Crippen molar-refractivity contribution in [1.82, 2.24) is 0 Å². The molecule has 0 heterocycles. The zero-order chi connectivity index (χ0) is 21.0. The van der Waals surface area contributed by atoms with Crippen LogP contribution in [-0.4, -0.2) is 61.7 Å². The number of carboxylic acids is 1. The van der Waals surface area contributed by atoms with Gasteiger partial charge >= 0.3 is 5.97 Å². The minimum absolute atomic E-state index is 0.000607. The van der Waals surface area contributed by atoms with E-state index < -0.39 is 59.5 Å². The summed E-state index contributed by atoms with van der Waals surface area (Å²) in [7, 11) is 0. The van der Waals surface area contributed by atoms with Gasteiger partial charge in [0, 0.05) is 28.4 Å². The van der Waals surface area contributed by atoms with Crippen LogP contribution in [0.15, 0.2) is 6.07 Å². The molecule has 0 radical (unpaired) electrons. The molecular formula is C20H26O8. The third-order valence-electron chi connectivity index (χ3n) is 6.84. The number of Topliss-reactive ketones (excluding diaryl/α,β-unsaturated/α-hetero) is 1. The van der Waals surface area contributed by atoms with E-state index in [0.717, 1.165) is 0 Å². The lowest BCUT2D eigenvalue weighted by Gasteiger charge is -2.54. The van der Waals surface area contributed by atoms with Crippen LogP contribution < -0.4 is 0 Å². The maximum Gasteiger partial charge on any atom is 0.309 e. The van der Waals surface area contributed by atoms with E-state index in [-0.39, 0.29) is 28.9 Å². The van der Waals surface area contributed by atoms with Gasteiger partial charge in [0.15, 0.2) is 5.78 Å². The maximum absolute atomic E-state index is 13.0. The number of carboxylic acid groups (broad SMARTS) is 1. The Morgan fingerprint density at radius 3 is 2.36 bits per heavy atom. The van der Waals surface area contributed by atoms with Crippen molar-refractivity contribution in [1.29, 1.82) is 0 Å². The monoisotopic (exact) mass is 394 g/mol. The highest BCUT2D eigenvalue weighted by molar-refractivity contribution is 6.06. The average Bonchev–Trinajstić information content (AvgIpc) is 2.62. The van der Waals surface area contributed by atoms with Crippen LogP contribution >= 0.6 is 0 Å². The number of hydrogen-bond donors (Lipinski definition) is 6. The molecule has 8 heteroatoms. The molecule has 6 N–H and O–H groups in total. The number of carbonyl (C=O) groups excluding carboxylic acids is 1. The summed E-state index contributed by atoms with van der Waals surface area (Å²) in [5.41, 5.74) is -2.57. The molecule has 3 rings (SSSR count). The van der Waals surface area contributed by atoms with Crippen LogP contribution in [0.25, 0.3) is 0 Å². The molecule has 0 spiro atoms. The van der Waals surface area contributed by atoms with Crippen LogP contribution in [0.5, 0.6) is 11.5 Å². The van der Waals surface area contributed by atoms with Gasteiger partial charge in [0.2, 0.25) is 0 Å². The number of phenolic OH excluding ortho intramolecular Hbond substituents is 2. The topological polar surface area (TPSA) is 156 Å². The van der Waals surface area contributed by atoms with Gasteiger partial charge in [-0.3, -0.25) is 9.59 Å². The Bertz CT molecular complexity index is 830. The van der Waals surface area contributed by atoms with Crippen LogP contribution in [0.3, 0.4) is 0 Å². The second kappa shape index (κ2) is 6.72. The van der Waals surface area contributed by atoms with Crippen LogP contribution in [0.4, 0.5) is 0 Å². The van der Waals surface area contributed by atoms with Gasteiger partial charge in [-0.25, -0.2) is 0 Å². The highest BCUT2D eigenvalue weighted by Crippen LogP contribution is 2.60. The van der Waals surface area contributed by atoms with Crippen molar-refractivity contribution in [3.8, 4) is 11.5 Å². The summed E-state index contributed by atoms with van der Waals surface area (Å²) in [6.07, 6.45) is -0.451. The lowest BCUT2D eigenvalue weighted by Crippen LogP contribution is -2.60. The van der Waals surface area contributed by atoms with Crippen LogP contribution in [0, 0.1) is 11.3 Å². The number of benzene rings is 1. The first-order valence-electron chi connectivity index (χ1n) is 9.31. The summed E-state index contributed by atoms with van der Waals surface area (Å²) in [5, 5.41) is 61.0. The summed E-state index contributed by atoms with van der Waals surface area (Å²) in [4.78, 5) is 25.0. The molecule has 1 fully saturated rings. The minimum atomic E-state index is -1.67. The molecule has 8 nitrogen and oxygen atoms in total. The van der Waals surface area contributed by atoms with Gasteiger partial charge < -0.3 is 30.6 Å². The Hall–Kier alpha value is -2.16. The SMILES string of the molecule is C[C@]1(C(=O)O)CCC[C@]2(C)c3c(O)cc(C(CO)CO)c(O)c3C(=O)[C@@H](O)[C@@H]12. The van der Waals surface area contributed by atoms with Crippen molar-refractivity contribution in [3.05, 3.63) is 22.8 Å². The van der Waals surface area contributed by atoms with Crippen molar-refractivity contribution in [3.63, 3.8) is 0 Å². The second-order valence-electron chi connectivity index (χ2n) is 8.43. The van der Waals surface area contributed by atoms with Gasteiger partial charge in [-0.15, -0.1) is 0 Å². The lowest BCUT2D eigenvalue weighted by atomic mass is 9.48. The number of aromatic hydroxyl groups is 2. The first kappa shape index (κ1) is 20.6. The van der Waals surface area contributed by atoms with E-state index in [0.29, 0.717) is 12.8 Å². The molecule has 0 amide bonds. The van der Waals surface area contributed by atoms with Gasteiger partial charge in [-0.05, 0) is 25.8 Å². The predicted octanol–water partition coefficient (Wildman–Crippen LogP) is 0.872. The van der Waals surface area contributed by atoms with Gasteiger partial charge in [0.25, 0.3) is 0 Å². The minimum Gasteiger partial charge on any atom is -0.508 e. The third-order valence-corrected chi connectivity index (χ3v) is 6.84. The highest BCUT2D eigenvalue weighted by atomic mass is 16.4. The molecule has 1 saturated carbocycles. The molecule has 0 saturated heterocycles. The maximum atomic E-state index is 13.0. The number of phenols is 2. The molecule has 0 unspecified atom stereocenters. The number of hydrogen-bond acceptors (Lipinski definition) is 7. The van der Waals surface area contributed by atoms with E-state index in [1.54, 1.807) is 6.92 Å². The molecule has 1 aromatic rings. The molecule has 154 valence electrons. The van der Waals surface area contributed by atoms with Crippen LogP contribution in [0.2, 0.25) is 0 Å². The molecule has 0 bridgehead atoms. The summed E-state index contributed by atoms with van der Waals surface area (Å²) in [5.74, 6) is -4.71. The molecule has 2 aliphatic carbocycles. The standard InChI is InChI=1S/C20H26O8/c1-19-4-3-5-20(2,18(27)28)17(19)16(26)15(25)12-13(19)11(23)6-10(14(12)24)9(7-21)8-22/h6,9,16-17,21-24,26H,3-5,7-8H2,1-2H3,(H,27,28)/t16-,17-,19-,20+/m1/s1. The summed E-state index contributed by atoms with van der Waals surface area (Å²) < 4.78 is 0. The number of rotatable bonds is 4. The van der Waals surface area contributed by atoms with Crippen LogP contribution in [-0.2, 0) is 10.2 Å². The zero-order valence-corrected chi connectivity index (χ0v) is 15.8. The Balaban J connectivity index is 2.32. The Kier molecular flexibility index (Phi) is 4.94. The van der Waals surface area contributed by atoms with E-state index in [1.807, 2.05) is 0 Å². The first-order valence-corrected chi connectivity index (χ1v) is 9.31. The smallest absolute Gasteiger partial charge is 0.309 e. The second-order valence-corrected chi connectivity index (χ2v) is 8.43. The molecule has 28 heavy (non-hydrogen) atoms. The van der Waals surface area contributed by atoms with Crippen molar-refractivity contribution in [2.75, 3.05) is 13.2 Å². The average molecular weight is 394 g/mol. The van der Waals surface area contributed by atoms with E-state index in [4.69, 9.17) is 0 Å². The Morgan fingerprint density at radius 2 is 1.82 bits per heavy atom. The number of aliphatic carboxylic acids is 1. The van der Waals surface area contributed by atoms with Crippen molar-refractivity contribution in [2.45, 2.75) is 50.5 Å². The molecule has 0 aliphatic heterocycles. The molecule has 4 atom stereocenters. The lowest BCUT2D eigenvalue weighted by molar-refractivity contribution is -0.161. The largest absolute Gasteiger partial charge is 0.508 e. The van der Waals surface area contributed by atoms with Gasteiger partial charge in [0.05, 0.1) is 24.2 Å². The summed E-state index contributed by atoms with van der Waals surface area (Å²) in [6, 6.07) is 1.20. The molecule has 0 aromatic heterocycles. The number of ketones is 1. The fourth-order valence-corrected chi connectivity index (χ4v) is 5.42. The van der Waals surface area contributed by atoms with Crippen molar-refractivity contribution < 1.29 is 40.2 Å². The number of carbonyl (C=O) groups is 2. The van der Waals surface area contributed by atoms with E-state index >= 15 is 0 Å². The molecule has 2 aliphatic rings. The molecular weight excluding hydrogens is 368 g/mol. The quantitative estimate of drug-likeness (QED) is 0.411. The molecule has 1 aromatic carbocycles. The van der Waals surface area contributed by atoms with Crippen molar-refractivity contribution in [2.24, 2.45) is 11.3 Å². The Labute approximate surface area is 162 Å². The number of fused-ring (bicyclic) bond motifs is 3. The van der Waals surface area contributed by atoms with Gasteiger partial charge in [-0.2, -0.15) is 0 Å². The van der Waals surface area contributed by atoms with Crippen molar-refractivity contribution >= 4 is 11.8 Å². The summed E-state index contributed by atoms with van der Waals surface area (Å²) >= 11 is 0. The Morgan fingerprint density at radius 1 is 1.21 bits per heavy atom. The van der Waals surface area contributed by atoms with E-state index in [9.17, 15) is 40.2 Å². The van der Waals surface area contributed by atoms with E-state index in [2.05, 4.69) is 0 Å².